The minimum Gasteiger partial charge on any atom is -0.312 e. The summed E-state index contributed by atoms with van der Waals surface area (Å²) in [5, 5.41) is 9.41. The molecule has 0 spiro atoms. The molecule has 2 aliphatic heterocycles. The van der Waals surface area contributed by atoms with Crippen LogP contribution >= 0.6 is 0 Å². The molecule has 128 valence electrons. The third-order valence-corrected chi connectivity index (χ3v) is 4.68. The third-order valence-electron chi connectivity index (χ3n) is 4.68. The van der Waals surface area contributed by atoms with E-state index < -0.39 is 0 Å². The highest BCUT2D eigenvalue weighted by atomic mass is 16.7. The number of azide groups is 1. The van der Waals surface area contributed by atoms with E-state index in [9.17, 15) is 4.79 Å². The first kappa shape index (κ1) is 15.5. The van der Waals surface area contributed by atoms with Gasteiger partial charge in [0.2, 0.25) is 0 Å². The van der Waals surface area contributed by atoms with Crippen molar-refractivity contribution in [3.05, 3.63) is 63.8 Å². The maximum absolute atomic E-state index is 12.8. The Morgan fingerprint density at radius 2 is 2.20 bits per heavy atom. The predicted octanol–water partition coefficient (Wildman–Crippen LogP) is 2.70. The fourth-order valence-electron chi connectivity index (χ4n) is 3.52. The lowest BCUT2D eigenvalue weighted by Crippen LogP contribution is -2.36. The summed E-state index contributed by atoms with van der Waals surface area (Å²) < 4.78 is 1.74. The van der Waals surface area contributed by atoms with Gasteiger partial charge in [0.1, 0.15) is 12.6 Å². The van der Waals surface area contributed by atoms with Crippen LogP contribution in [0.2, 0.25) is 0 Å². The van der Waals surface area contributed by atoms with Crippen molar-refractivity contribution in [2.45, 2.75) is 18.7 Å². The van der Waals surface area contributed by atoms with E-state index in [0.717, 1.165) is 16.8 Å². The third kappa shape index (κ3) is 2.50. The molecule has 1 aromatic carbocycles. The van der Waals surface area contributed by atoms with Crippen LogP contribution in [-0.2, 0) is 18.5 Å². The van der Waals surface area contributed by atoms with Crippen LogP contribution in [0, 0.1) is 0 Å². The van der Waals surface area contributed by atoms with E-state index in [1.165, 1.54) is 5.06 Å². The molecule has 1 fully saturated rings. The molecule has 9 nitrogen and oxygen atoms in total. The number of benzene rings is 1. The Morgan fingerprint density at radius 1 is 1.40 bits per heavy atom. The van der Waals surface area contributed by atoms with E-state index in [1.807, 2.05) is 37.4 Å². The van der Waals surface area contributed by atoms with Gasteiger partial charge in [-0.25, -0.2) is 4.79 Å². The van der Waals surface area contributed by atoms with E-state index in [2.05, 4.69) is 15.1 Å². The van der Waals surface area contributed by atoms with Crippen molar-refractivity contribution in [1.82, 2.24) is 19.7 Å². The second-order valence-corrected chi connectivity index (χ2v) is 6.07. The number of urea groups is 1. The number of carbonyl (C=O) groups excluding carboxylic acids is 1. The molecule has 2 amide bonds. The van der Waals surface area contributed by atoms with Crippen molar-refractivity contribution in [3.8, 4) is 0 Å². The fraction of sp³-hybridized carbons (Fsp3) is 0.375. The molecule has 9 heteroatoms. The predicted molar refractivity (Wildman–Crippen MR) is 87.9 cm³/mol. The second kappa shape index (κ2) is 6.12. The zero-order valence-electron chi connectivity index (χ0n) is 13.7. The first-order valence-corrected chi connectivity index (χ1v) is 8.00. The highest BCUT2D eigenvalue weighted by Gasteiger charge is 2.50. The molecule has 0 unspecified atom stereocenters. The number of hydroxylamine groups is 2. The maximum atomic E-state index is 12.8. The van der Waals surface area contributed by atoms with Gasteiger partial charge < -0.3 is 4.90 Å². The molecule has 1 saturated heterocycles. The van der Waals surface area contributed by atoms with Crippen LogP contribution in [0.1, 0.15) is 28.9 Å². The van der Waals surface area contributed by atoms with Crippen molar-refractivity contribution in [2.24, 2.45) is 12.2 Å². The highest BCUT2D eigenvalue weighted by molar-refractivity contribution is 5.78. The highest BCUT2D eigenvalue weighted by Crippen LogP contribution is 2.43. The average Bonchev–Trinajstić information content (AvgIpc) is 3.15. The zero-order chi connectivity index (χ0) is 17.4. The summed E-state index contributed by atoms with van der Waals surface area (Å²) in [5.74, 6) is 0. The number of carbonyl (C=O) groups is 1. The van der Waals surface area contributed by atoms with Crippen molar-refractivity contribution < 1.29 is 9.63 Å². The Morgan fingerprint density at radius 3 is 2.96 bits per heavy atom. The van der Waals surface area contributed by atoms with Gasteiger partial charge in [0.15, 0.2) is 0 Å². The molecule has 0 radical (unpaired) electrons. The number of amides is 2. The maximum Gasteiger partial charge on any atom is 0.345 e. The van der Waals surface area contributed by atoms with Gasteiger partial charge in [0.25, 0.3) is 0 Å². The smallest absolute Gasteiger partial charge is 0.312 e. The van der Waals surface area contributed by atoms with Gasteiger partial charge >= 0.3 is 6.03 Å². The molecule has 2 aliphatic rings. The number of rotatable bonds is 5. The minimum absolute atomic E-state index is 0.175. The SMILES string of the molecule is Cn1ncc2c1[C@@H](CN=[N+]=[N-])N1C[C@H]2N(OCc2ccccc2)C1=O. The molecule has 0 N–H and O–H groups in total. The second-order valence-electron chi connectivity index (χ2n) is 6.07. The van der Waals surface area contributed by atoms with Gasteiger partial charge in [-0.3, -0.25) is 9.52 Å². The Hall–Kier alpha value is -3.03. The summed E-state index contributed by atoms with van der Waals surface area (Å²) in [7, 11) is 1.83. The lowest BCUT2D eigenvalue weighted by molar-refractivity contribution is -0.141. The Kier molecular flexibility index (Phi) is 3.79. The largest absolute Gasteiger partial charge is 0.345 e. The number of aromatic nitrogens is 2. The van der Waals surface area contributed by atoms with Gasteiger partial charge in [-0.1, -0.05) is 35.4 Å². The number of nitrogens with zero attached hydrogens (tertiary/aromatic N) is 7. The van der Waals surface area contributed by atoms with Gasteiger partial charge in [0, 0.05) is 17.5 Å². The number of hydrogen-bond donors (Lipinski definition) is 0. The normalized spacial score (nSPS) is 21.2. The number of aryl methyl sites for hydroxylation is 1. The molecule has 3 heterocycles. The molecule has 25 heavy (non-hydrogen) atoms. The first-order valence-electron chi connectivity index (χ1n) is 8.00. The first-order chi connectivity index (χ1) is 12.2. The minimum atomic E-state index is -0.326. The molecule has 2 atom stereocenters. The summed E-state index contributed by atoms with van der Waals surface area (Å²) in [6.07, 6.45) is 1.76. The van der Waals surface area contributed by atoms with E-state index >= 15 is 0 Å². The molecular weight excluding hydrogens is 322 g/mol. The molecule has 2 aromatic rings. The lowest BCUT2D eigenvalue weighted by Gasteiger charge is -2.30. The van der Waals surface area contributed by atoms with Crippen LogP contribution in [0.4, 0.5) is 4.79 Å². The van der Waals surface area contributed by atoms with Crippen LogP contribution in [0.15, 0.2) is 41.6 Å². The van der Waals surface area contributed by atoms with E-state index in [0.29, 0.717) is 13.2 Å². The van der Waals surface area contributed by atoms with Gasteiger partial charge in [-0.15, -0.1) is 0 Å². The lowest BCUT2D eigenvalue weighted by atomic mass is 9.98. The Balaban J connectivity index is 1.63. The Labute approximate surface area is 144 Å². The van der Waals surface area contributed by atoms with Crippen LogP contribution in [-0.4, -0.2) is 38.9 Å². The van der Waals surface area contributed by atoms with E-state index in [-0.39, 0.29) is 24.7 Å². The van der Waals surface area contributed by atoms with Gasteiger partial charge in [-0.05, 0) is 11.1 Å². The summed E-state index contributed by atoms with van der Waals surface area (Å²) in [4.78, 5) is 23.2. The van der Waals surface area contributed by atoms with Crippen molar-refractivity contribution in [2.75, 3.05) is 13.1 Å². The van der Waals surface area contributed by atoms with Crippen LogP contribution in [0.5, 0.6) is 0 Å². The van der Waals surface area contributed by atoms with E-state index in [4.69, 9.17) is 10.4 Å². The molecule has 4 rings (SSSR count). The van der Waals surface area contributed by atoms with Crippen molar-refractivity contribution in [1.29, 1.82) is 0 Å². The standard InChI is InChI=1S/C16H17N7O2/c1-21-15-12(7-19-21)14-9-22(13(15)8-18-20-17)16(24)23(14)25-10-11-5-3-2-4-6-11/h2-7,13-14H,8-10H2,1H3/t13-,14-/m1/s1. The monoisotopic (exact) mass is 339 g/mol. The zero-order valence-corrected chi connectivity index (χ0v) is 13.7. The average molecular weight is 339 g/mol. The molecule has 2 bridgehead atoms. The van der Waals surface area contributed by atoms with Crippen LogP contribution in [0.25, 0.3) is 10.4 Å². The summed E-state index contributed by atoms with van der Waals surface area (Å²) in [6.45, 7) is 0.986. The van der Waals surface area contributed by atoms with Crippen LogP contribution < -0.4 is 0 Å². The van der Waals surface area contributed by atoms with Crippen molar-refractivity contribution in [3.63, 3.8) is 0 Å². The van der Waals surface area contributed by atoms with E-state index in [1.54, 1.807) is 15.8 Å². The van der Waals surface area contributed by atoms with Crippen molar-refractivity contribution >= 4 is 6.03 Å². The fourth-order valence-corrected chi connectivity index (χ4v) is 3.52. The molecule has 0 aliphatic carbocycles. The Bertz CT molecular complexity index is 843. The molecule has 1 aromatic heterocycles. The summed E-state index contributed by atoms with van der Waals surface area (Å²) in [5.41, 5.74) is 11.5. The molecule has 0 saturated carbocycles. The molecular formula is C16H17N7O2. The van der Waals surface area contributed by atoms with Crippen LogP contribution in [0.3, 0.4) is 0 Å². The number of hydrogen-bond acceptors (Lipinski definition) is 4. The van der Waals surface area contributed by atoms with Gasteiger partial charge in [0.05, 0.1) is 31.0 Å². The summed E-state index contributed by atoms with van der Waals surface area (Å²) in [6, 6.07) is 8.96. The topological polar surface area (TPSA) is 99.4 Å². The summed E-state index contributed by atoms with van der Waals surface area (Å²) >= 11 is 0. The van der Waals surface area contributed by atoms with Gasteiger partial charge in [-0.2, -0.15) is 10.2 Å². The quantitative estimate of drug-likeness (QED) is 0.475. The number of fused-ring (bicyclic) bond motifs is 4.